The molecule has 132 valence electrons. The largest absolute Gasteiger partial charge is 0.322 e. The molecule has 0 aliphatic rings. The van der Waals surface area contributed by atoms with Crippen LogP contribution in [0.5, 0.6) is 0 Å². The van der Waals surface area contributed by atoms with Gasteiger partial charge < -0.3 is 5.32 Å². The Bertz CT molecular complexity index is 1140. The summed E-state index contributed by atoms with van der Waals surface area (Å²) in [5, 5.41) is 4.35. The third kappa shape index (κ3) is 3.52. The summed E-state index contributed by atoms with van der Waals surface area (Å²) in [4.78, 5) is 21.7. The van der Waals surface area contributed by atoms with Crippen LogP contribution < -0.4 is 5.32 Å². The molecule has 0 bridgehead atoms. The second-order valence-corrected chi connectivity index (χ2v) is 6.63. The molecule has 0 saturated carbocycles. The van der Waals surface area contributed by atoms with Gasteiger partial charge in [-0.05, 0) is 48.9 Å². The van der Waals surface area contributed by atoms with E-state index >= 15 is 0 Å². The minimum atomic E-state index is -0.205. The molecule has 0 radical (unpaired) electrons. The number of benzene rings is 2. The number of pyridine rings is 2. The number of para-hydroxylation sites is 1. The Kier molecular flexibility index (Phi) is 4.57. The molecule has 0 spiro atoms. The van der Waals surface area contributed by atoms with Gasteiger partial charge >= 0.3 is 0 Å². The van der Waals surface area contributed by atoms with Gasteiger partial charge in [-0.3, -0.25) is 9.78 Å². The maximum absolute atomic E-state index is 13.0. The average Bonchev–Trinajstić information content (AvgIpc) is 2.70. The topological polar surface area (TPSA) is 54.9 Å². The molecular formula is C22H16ClN3O. The third-order valence-electron chi connectivity index (χ3n) is 4.37. The Balaban J connectivity index is 1.79. The number of nitrogens with one attached hydrogen (secondary N) is 1. The van der Waals surface area contributed by atoms with Gasteiger partial charge in [0, 0.05) is 34.1 Å². The highest BCUT2D eigenvalue weighted by Crippen LogP contribution is 2.26. The van der Waals surface area contributed by atoms with Gasteiger partial charge in [-0.15, -0.1) is 0 Å². The van der Waals surface area contributed by atoms with E-state index in [1.54, 1.807) is 18.5 Å². The monoisotopic (exact) mass is 373 g/mol. The molecular weight excluding hydrogens is 358 g/mol. The summed E-state index contributed by atoms with van der Waals surface area (Å²) in [5.74, 6) is -0.205. The van der Waals surface area contributed by atoms with Crippen molar-refractivity contribution in [3.8, 4) is 11.3 Å². The molecule has 0 saturated heterocycles. The molecule has 0 fully saturated rings. The number of amides is 1. The van der Waals surface area contributed by atoms with E-state index in [9.17, 15) is 4.79 Å². The zero-order valence-electron chi connectivity index (χ0n) is 14.6. The number of hydrogen-bond donors (Lipinski definition) is 1. The van der Waals surface area contributed by atoms with Crippen LogP contribution in [0.1, 0.15) is 15.9 Å². The zero-order chi connectivity index (χ0) is 18.8. The Labute approximate surface area is 161 Å². The van der Waals surface area contributed by atoms with Gasteiger partial charge in [0.15, 0.2) is 0 Å². The Morgan fingerprint density at radius 3 is 2.56 bits per heavy atom. The number of aromatic nitrogens is 2. The lowest BCUT2D eigenvalue weighted by Crippen LogP contribution is -2.13. The van der Waals surface area contributed by atoms with E-state index in [4.69, 9.17) is 16.6 Å². The number of fused-ring (bicyclic) bond motifs is 1. The fourth-order valence-corrected chi connectivity index (χ4v) is 3.08. The van der Waals surface area contributed by atoms with E-state index < -0.39 is 0 Å². The Hall–Kier alpha value is -3.24. The van der Waals surface area contributed by atoms with E-state index in [0.717, 1.165) is 27.7 Å². The van der Waals surface area contributed by atoms with Crippen LogP contribution in [0.4, 0.5) is 5.69 Å². The quantitative estimate of drug-likeness (QED) is 0.515. The van der Waals surface area contributed by atoms with Gasteiger partial charge in [0.1, 0.15) is 0 Å². The van der Waals surface area contributed by atoms with Gasteiger partial charge in [-0.2, -0.15) is 0 Å². The van der Waals surface area contributed by atoms with E-state index in [2.05, 4.69) is 10.3 Å². The molecule has 0 unspecified atom stereocenters. The predicted molar refractivity (Wildman–Crippen MR) is 109 cm³/mol. The summed E-state index contributed by atoms with van der Waals surface area (Å²) in [6.45, 7) is 1.92. The van der Waals surface area contributed by atoms with Gasteiger partial charge in [0.2, 0.25) is 0 Å². The molecule has 5 heteroatoms. The maximum Gasteiger partial charge on any atom is 0.256 e. The molecule has 27 heavy (non-hydrogen) atoms. The number of carbonyl (C=O) groups is 1. The number of rotatable bonds is 3. The van der Waals surface area contributed by atoms with E-state index in [1.807, 2.05) is 61.5 Å². The molecule has 0 aliphatic carbocycles. The molecule has 0 aliphatic heterocycles. The first kappa shape index (κ1) is 17.2. The molecule has 4 aromatic rings. The normalized spacial score (nSPS) is 10.7. The van der Waals surface area contributed by atoms with Crippen molar-refractivity contribution in [3.05, 3.63) is 89.2 Å². The lowest BCUT2D eigenvalue weighted by Gasteiger charge is -2.11. The SMILES string of the molecule is Cc1ccc(NC(=O)c2cc(-c3ccncc3)nc3ccccc23)cc1Cl. The predicted octanol–water partition coefficient (Wildman–Crippen LogP) is 5.51. The number of carbonyl (C=O) groups excluding carboxylic acids is 1. The number of hydrogen-bond acceptors (Lipinski definition) is 3. The summed E-state index contributed by atoms with van der Waals surface area (Å²) >= 11 is 6.18. The van der Waals surface area contributed by atoms with Crippen molar-refractivity contribution in [3.63, 3.8) is 0 Å². The third-order valence-corrected chi connectivity index (χ3v) is 4.77. The van der Waals surface area contributed by atoms with E-state index in [-0.39, 0.29) is 5.91 Å². The lowest BCUT2D eigenvalue weighted by atomic mass is 10.0. The Morgan fingerprint density at radius 1 is 1.00 bits per heavy atom. The minimum absolute atomic E-state index is 0.205. The smallest absolute Gasteiger partial charge is 0.256 e. The van der Waals surface area contributed by atoms with Gasteiger partial charge in [0.05, 0.1) is 16.8 Å². The van der Waals surface area contributed by atoms with Crippen molar-refractivity contribution in [2.75, 3.05) is 5.32 Å². The van der Waals surface area contributed by atoms with Crippen LogP contribution in [-0.4, -0.2) is 15.9 Å². The molecule has 2 aromatic heterocycles. The highest BCUT2D eigenvalue weighted by Gasteiger charge is 2.14. The van der Waals surface area contributed by atoms with Crippen LogP contribution >= 0.6 is 11.6 Å². The summed E-state index contributed by atoms with van der Waals surface area (Å²) in [6.07, 6.45) is 3.42. The lowest BCUT2D eigenvalue weighted by molar-refractivity contribution is 0.102. The number of halogens is 1. The fraction of sp³-hybridized carbons (Fsp3) is 0.0455. The van der Waals surface area contributed by atoms with Crippen molar-refractivity contribution in [1.82, 2.24) is 9.97 Å². The van der Waals surface area contributed by atoms with Crippen LogP contribution in [0.15, 0.2) is 73.1 Å². The van der Waals surface area contributed by atoms with Crippen molar-refractivity contribution in [2.45, 2.75) is 6.92 Å². The molecule has 1 N–H and O–H groups in total. The first-order chi connectivity index (χ1) is 13.1. The van der Waals surface area contributed by atoms with Crippen LogP contribution in [0.25, 0.3) is 22.2 Å². The van der Waals surface area contributed by atoms with Gasteiger partial charge in [-0.25, -0.2) is 4.98 Å². The van der Waals surface area contributed by atoms with Gasteiger partial charge in [0.25, 0.3) is 5.91 Å². The number of anilines is 1. The van der Waals surface area contributed by atoms with Crippen LogP contribution in [0.3, 0.4) is 0 Å². The standard InChI is InChI=1S/C22H16ClN3O/c1-14-6-7-16(12-19(14)23)25-22(27)18-13-21(15-8-10-24-11-9-15)26-20-5-3-2-4-17(18)20/h2-13H,1H3,(H,25,27). The molecule has 4 rings (SSSR count). The first-order valence-electron chi connectivity index (χ1n) is 8.49. The zero-order valence-corrected chi connectivity index (χ0v) is 15.4. The van der Waals surface area contributed by atoms with Crippen molar-refractivity contribution >= 4 is 34.1 Å². The summed E-state index contributed by atoms with van der Waals surface area (Å²) in [5.41, 5.74) is 4.57. The number of nitrogens with zero attached hydrogens (tertiary/aromatic N) is 2. The fourth-order valence-electron chi connectivity index (χ4n) is 2.90. The second-order valence-electron chi connectivity index (χ2n) is 6.23. The van der Waals surface area contributed by atoms with Crippen molar-refractivity contribution < 1.29 is 4.79 Å². The summed E-state index contributed by atoms with van der Waals surface area (Å²) < 4.78 is 0. The van der Waals surface area contributed by atoms with Crippen molar-refractivity contribution in [1.29, 1.82) is 0 Å². The number of aryl methyl sites for hydroxylation is 1. The van der Waals surface area contributed by atoms with Crippen molar-refractivity contribution in [2.24, 2.45) is 0 Å². The average molecular weight is 374 g/mol. The minimum Gasteiger partial charge on any atom is -0.322 e. The summed E-state index contributed by atoms with van der Waals surface area (Å²) in [6, 6.07) is 18.6. The van der Waals surface area contributed by atoms with Crippen LogP contribution in [-0.2, 0) is 0 Å². The van der Waals surface area contributed by atoms with E-state index in [1.165, 1.54) is 0 Å². The molecule has 2 heterocycles. The molecule has 4 nitrogen and oxygen atoms in total. The van der Waals surface area contributed by atoms with E-state index in [0.29, 0.717) is 16.3 Å². The molecule has 1 amide bonds. The first-order valence-corrected chi connectivity index (χ1v) is 8.87. The van der Waals surface area contributed by atoms with Crippen LogP contribution in [0.2, 0.25) is 5.02 Å². The maximum atomic E-state index is 13.0. The highest BCUT2D eigenvalue weighted by atomic mass is 35.5. The molecule has 0 atom stereocenters. The highest BCUT2D eigenvalue weighted by molar-refractivity contribution is 6.31. The summed E-state index contributed by atoms with van der Waals surface area (Å²) in [7, 11) is 0. The molecule has 2 aromatic carbocycles. The van der Waals surface area contributed by atoms with Crippen LogP contribution in [0, 0.1) is 6.92 Å². The van der Waals surface area contributed by atoms with Gasteiger partial charge in [-0.1, -0.05) is 35.9 Å². The second kappa shape index (κ2) is 7.17. The Morgan fingerprint density at radius 2 is 1.78 bits per heavy atom.